The summed E-state index contributed by atoms with van der Waals surface area (Å²) in [4.78, 5) is 14.3. The highest BCUT2D eigenvalue weighted by molar-refractivity contribution is 5.94. The summed E-state index contributed by atoms with van der Waals surface area (Å²) >= 11 is 0. The summed E-state index contributed by atoms with van der Waals surface area (Å²) in [7, 11) is 3.36. The van der Waals surface area contributed by atoms with Crippen LogP contribution in [-0.4, -0.2) is 57.4 Å². The van der Waals surface area contributed by atoms with E-state index in [2.05, 4.69) is 0 Å². The van der Waals surface area contributed by atoms with Crippen molar-refractivity contribution in [2.75, 3.05) is 40.5 Å². The lowest BCUT2D eigenvalue weighted by atomic mass is 10.1. The Kier molecular flexibility index (Phi) is 6.67. The van der Waals surface area contributed by atoms with Crippen LogP contribution in [0.5, 0.6) is 11.5 Å². The number of ether oxygens (including phenoxy) is 3. The summed E-state index contributed by atoms with van der Waals surface area (Å²) in [6.45, 7) is 2.16. The molecule has 0 radical (unpaired) electrons. The van der Waals surface area contributed by atoms with Crippen LogP contribution in [0.3, 0.4) is 0 Å². The van der Waals surface area contributed by atoms with Crippen LogP contribution in [0.4, 0.5) is 0 Å². The molecule has 1 aliphatic rings. The summed E-state index contributed by atoms with van der Waals surface area (Å²) in [5.41, 5.74) is 6.03. The van der Waals surface area contributed by atoms with E-state index in [4.69, 9.17) is 19.9 Å². The molecule has 2 rings (SSSR count). The molecule has 1 saturated heterocycles. The highest BCUT2D eigenvalue weighted by Crippen LogP contribution is 2.28. The number of benzene rings is 1. The van der Waals surface area contributed by atoms with Gasteiger partial charge in [-0.05, 0) is 37.5 Å². The van der Waals surface area contributed by atoms with Crippen molar-refractivity contribution >= 4 is 5.91 Å². The van der Waals surface area contributed by atoms with Gasteiger partial charge in [0.15, 0.2) is 11.5 Å². The van der Waals surface area contributed by atoms with Gasteiger partial charge in [0.1, 0.15) is 6.61 Å². The van der Waals surface area contributed by atoms with Gasteiger partial charge in [-0.3, -0.25) is 4.79 Å². The zero-order chi connectivity index (χ0) is 16.7. The quantitative estimate of drug-likeness (QED) is 0.826. The molecule has 0 unspecified atom stereocenters. The highest BCUT2D eigenvalue weighted by atomic mass is 16.5. The first-order chi connectivity index (χ1) is 11.2. The molecule has 0 bridgehead atoms. The Morgan fingerprint density at radius 1 is 1.39 bits per heavy atom. The fourth-order valence-electron chi connectivity index (χ4n) is 2.65. The SMILES string of the molecule is COc1ccc(C(=O)N(C)C[C@@H]2CCCCO2)cc1OCCN. The van der Waals surface area contributed by atoms with Gasteiger partial charge in [-0.15, -0.1) is 0 Å². The Hall–Kier alpha value is -1.79. The van der Waals surface area contributed by atoms with E-state index in [1.807, 2.05) is 0 Å². The molecule has 6 heteroatoms. The minimum absolute atomic E-state index is 0.0561. The molecule has 128 valence electrons. The summed E-state index contributed by atoms with van der Waals surface area (Å²) < 4.78 is 16.5. The van der Waals surface area contributed by atoms with E-state index in [1.54, 1.807) is 37.3 Å². The van der Waals surface area contributed by atoms with E-state index in [0.29, 0.717) is 36.8 Å². The van der Waals surface area contributed by atoms with Crippen molar-refractivity contribution < 1.29 is 19.0 Å². The molecule has 1 amide bonds. The predicted octanol–water partition coefficient (Wildman–Crippen LogP) is 1.67. The minimum atomic E-state index is -0.0561. The Labute approximate surface area is 137 Å². The van der Waals surface area contributed by atoms with Crippen LogP contribution < -0.4 is 15.2 Å². The van der Waals surface area contributed by atoms with Crippen molar-refractivity contribution in [2.45, 2.75) is 25.4 Å². The van der Waals surface area contributed by atoms with E-state index in [-0.39, 0.29) is 12.0 Å². The highest BCUT2D eigenvalue weighted by Gasteiger charge is 2.20. The lowest BCUT2D eigenvalue weighted by Gasteiger charge is -2.27. The first-order valence-electron chi connectivity index (χ1n) is 8.03. The van der Waals surface area contributed by atoms with Gasteiger partial charge in [-0.1, -0.05) is 0 Å². The van der Waals surface area contributed by atoms with Gasteiger partial charge < -0.3 is 24.8 Å². The Bertz CT molecular complexity index is 515. The monoisotopic (exact) mass is 322 g/mol. The van der Waals surface area contributed by atoms with E-state index < -0.39 is 0 Å². The number of hydrogen-bond acceptors (Lipinski definition) is 5. The van der Waals surface area contributed by atoms with Crippen LogP contribution >= 0.6 is 0 Å². The number of nitrogens with zero attached hydrogens (tertiary/aromatic N) is 1. The zero-order valence-electron chi connectivity index (χ0n) is 13.9. The molecule has 1 aromatic rings. The molecule has 2 N–H and O–H groups in total. The molecule has 1 aromatic carbocycles. The van der Waals surface area contributed by atoms with Gasteiger partial charge >= 0.3 is 0 Å². The van der Waals surface area contributed by atoms with Crippen molar-refractivity contribution in [2.24, 2.45) is 5.73 Å². The van der Waals surface area contributed by atoms with E-state index in [1.165, 1.54) is 0 Å². The topological polar surface area (TPSA) is 74.0 Å². The summed E-state index contributed by atoms with van der Waals surface area (Å²) in [5, 5.41) is 0. The summed E-state index contributed by atoms with van der Waals surface area (Å²) in [6, 6.07) is 5.19. The Morgan fingerprint density at radius 2 is 2.22 bits per heavy atom. The largest absolute Gasteiger partial charge is 0.493 e. The summed E-state index contributed by atoms with van der Waals surface area (Å²) in [6.07, 6.45) is 3.40. The lowest BCUT2D eigenvalue weighted by Crippen LogP contribution is -2.37. The number of carbonyl (C=O) groups is 1. The Morgan fingerprint density at radius 3 is 2.87 bits per heavy atom. The predicted molar refractivity (Wildman–Crippen MR) is 88.1 cm³/mol. The third kappa shape index (κ3) is 4.84. The van der Waals surface area contributed by atoms with Crippen molar-refractivity contribution in [3.8, 4) is 11.5 Å². The van der Waals surface area contributed by atoms with Crippen LogP contribution in [0, 0.1) is 0 Å². The van der Waals surface area contributed by atoms with Gasteiger partial charge in [-0.25, -0.2) is 0 Å². The first kappa shape index (κ1) is 17.6. The smallest absolute Gasteiger partial charge is 0.253 e. The standard InChI is InChI=1S/C17H26N2O4/c1-19(12-14-5-3-4-9-22-14)17(20)13-6-7-15(21-2)16(11-13)23-10-8-18/h6-7,11,14H,3-5,8-10,12,18H2,1-2H3/t14-/m0/s1. The molecule has 6 nitrogen and oxygen atoms in total. The van der Waals surface area contributed by atoms with Gasteiger partial charge in [0, 0.05) is 32.3 Å². The molecule has 1 aliphatic heterocycles. The van der Waals surface area contributed by atoms with Gasteiger partial charge in [0.2, 0.25) is 0 Å². The second kappa shape index (κ2) is 8.74. The maximum Gasteiger partial charge on any atom is 0.253 e. The number of nitrogens with two attached hydrogens (primary N) is 1. The van der Waals surface area contributed by atoms with Crippen LogP contribution in [0.2, 0.25) is 0 Å². The Balaban J connectivity index is 2.04. The number of carbonyl (C=O) groups excluding carboxylic acids is 1. The first-order valence-corrected chi connectivity index (χ1v) is 8.03. The molecule has 23 heavy (non-hydrogen) atoms. The van der Waals surface area contributed by atoms with E-state index >= 15 is 0 Å². The number of methoxy groups -OCH3 is 1. The second-order valence-electron chi connectivity index (χ2n) is 5.68. The van der Waals surface area contributed by atoms with Crippen LogP contribution in [0.25, 0.3) is 0 Å². The molecular formula is C17H26N2O4. The number of rotatable bonds is 7. The van der Waals surface area contributed by atoms with E-state index in [0.717, 1.165) is 25.9 Å². The third-order valence-electron chi connectivity index (χ3n) is 3.88. The van der Waals surface area contributed by atoms with Gasteiger partial charge in [0.25, 0.3) is 5.91 Å². The van der Waals surface area contributed by atoms with E-state index in [9.17, 15) is 4.79 Å². The van der Waals surface area contributed by atoms with Crippen LogP contribution in [0.1, 0.15) is 29.6 Å². The fourth-order valence-corrected chi connectivity index (χ4v) is 2.65. The van der Waals surface area contributed by atoms with Crippen molar-refractivity contribution in [1.29, 1.82) is 0 Å². The van der Waals surface area contributed by atoms with Gasteiger partial charge in [0.05, 0.1) is 13.2 Å². The molecule has 0 saturated carbocycles. The van der Waals surface area contributed by atoms with Crippen LogP contribution in [0.15, 0.2) is 18.2 Å². The normalized spacial score (nSPS) is 17.6. The minimum Gasteiger partial charge on any atom is -0.493 e. The molecular weight excluding hydrogens is 296 g/mol. The fraction of sp³-hybridized carbons (Fsp3) is 0.588. The van der Waals surface area contributed by atoms with Crippen LogP contribution in [-0.2, 0) is 4.74 Å². The summed E-state index contributed by atoms with van der Waals surface area (Å²) in [5.74, 6) is 1.07. The lowest BCUT2D eigenvalue weighted by molar-refractivity contribution is -0.000193. The molecule has 1 heterocycles. The number of hydrogen-bond donors (Lipinski definition) is 1. The van der Waals surface area contributed by atoms with Crippen molar-refractivity contribution in [3.63, 3.8) is 0 Å². The van der Waals surface area contributed by atoms with Crippen molar-refractivity contribution in [1.82, 2.24) is 4.90 Å². The maximum atomic E-state index is 12.6. The average Bonchev–Trinajstić information content (AvgIpc) is 2.59. The van der Waals surface area contributed by atoms with Crippen molar-refractivity contribution in [3.05, 3.63) is 23.8 Å². The van der Waals surface area contributed by atoms with Gasteiger partial charge in [-0.2, -0.15) is 0 Å². The molecule has 0 aromatic heterocycles. The number of amides is 1. The molecule has 0 aliphatic carbocycles. The molecule has 1 fully saturated rings. The zero-order valence-corrected chi connectivity index (χ0v) is 13.9. The third-order valence-corrected chi connectivity index (χ3v) is 3.88. The molecule has 0 spiro atoms. The second-order valence-corrected chi connectivity index (χ2v) is 5.68. The maximum absolute atomic E-state index is 12.6. The average molecular weight is 322 g/mol. The molecule has 1 atom stereocenters. The number of likely N-dealkylation sites (N-methyl/N-ethyl adjacent to an activating group) is 1.